The topological polar surface area (TPSA) is 80.1 Å². The first kappa shape index (κ1) is 29.7. The average Bonchev–Trinajstić information content (AvgIpc) is 3.47. The Morgan fingerprint density at radius 3 is 2.52 bits per heavy atom. The summed E-state index contributed by atoms with van der Waals surface area (Å²) in [7, 11) is 0. The van der Waals surface area contributed by atoms with Crippen LogP contribution in [0.15, 0.2) is 52.8 Å². The molecule has 1 fully saturated rings. The highest BCUT2D eigenvalue weighted by Gasteiger charge is 2.28. The molecule has 0 aliphatic carbocycles. The molecule has 7 nitrogen and oxygen atoms in total. The molecule has 42 heavy (non-hydrogen) atoms. The summed E-state index contributed by atoms with van der Waals surface area (Å²) < 4.78 is 27.8. The predicted octanol–water partition coefficient (Wildman–Crippen LogP) is 6.08. The van der Waals surface area contributed by atoms with Crippen molar-refractivity contribution < 1.29 is 13.6 Å². The quantitative estimate of drug-likeness (QED) is 0.269. The SMILES string of the molecule is CCc1ccc(C)cc1-n1c(CC(C)C)c(C(=O)N2CCNCC2)cc(-c2nc(-c3ccc(C(F)F)nc3)cs2)c1=O. The van der Waals surface area contributed by atoms with E-state index in [-0.39, 0.29) is 23.1 Å². The van der Waals surface area contributed by atoms with Crippen molar-refractivity contribution in [3.05, 3.63) is 86.4 Å². The summed E-state index contributed by atoms with van der Waals surface area (Å²) in [6, 6.07) is 10.6. The van der Waals surface area contributed by atoms with Gasteiger partial charge in [-0.2, -0.15) is 0 Å². The van der Waals surface area contributed by atoms with Crippen molar-refractivity contribution in [2.24, 2.45) is 5.92 Å². The van der Waals surface area contributed by atoms with Crippen LogP contribution in [0.3, 0.4) is 0 Å². The molecule has 1 N–H and O–H groups in total. The molecular formula is C32H35F2N5O2S. The number of rotatable bonds is 8. The first-order valence-corrected chi connectivity index (χ1v) is 15.1. The highest BCUT2D eigenvalue weighted by Crippen LogP contribution is 2.31. The number of thiazole rings is 1. The number of carbonyl (C=O) groups is 1. The van der Waals surface area contributed by atoms with E-state index in [0.29, 0.717) is 65.7 Å². The Morgan fingerprint density at radius 1 is 1.12 bits per heavy atom. The number of aromatic nitrogens is 3. The van der Waals surface area contributed by atoms with Crippen molar-refractivity contribution in [1.29, 1.82) is 0 Å². The van der Waals surface area contributed by atoms with Gasteiger partial charge in [-0.05, 0) is 61.1 Å². The number of aryl methyl sites for hydroxylation is 2. The van der Waals surface area contributed by atoms with Gasteiger partial charge in [-0.25, -0.2) is 13.8 Å². The molecule has 0 spiro atoms. The monoisotopic (exact) mass is 591 g/mol. The highest BCUT2D eigenvalue weighted by molar-refractivity contribution is 7.13. The number of benzene rings is 1. The van der Waals surface area contributed by atoms with E-state index < -0.39 is 6.43 Å². The third kappa shape index (κ3) is 6.05. The van der Waals surface area contributed by atoms with Gasteiger partial charge in [-0.1, -0.05) is 32.9 Å². The first-order chi connectivity index (χ1) is 20.2. The van der Waals surface area contributed by atoms with E-state index in [1.807, 2.05) is 30.0 Å². The molecule has 0 unspecified atom stereocenters. The second-order valence-corrected chi connectivity index (χ2v) is 11.9. The van der Waals surface area contributed by atoms with Gasteiger partial charge in [0, 0.05) is 49.0 Å². The van der Waals surface area contributed by atoms with Crippen molar-refractivity contribution in [2.45, 2.75) is 47.0 Å². The Labute approximate surface area is 248 Å². The summed E-state index contributed by atoms with van der Waals surface area (Å²) in [5, 5.41) is 5.53. The molecule has 1 aromatic carbocycles. The van der Waals surface area contributed by atoms with Gasteiger partial charge in [-0.3, -0.25) is 19.1 Å². The summed E-state index contributed by atoms with van der Waals surface area (Å²) >= 11 is 1.28. The summed E-state index contributed by atoms with van der Waals surface area (Å²) in [4.78, 5) is 39.0. The molecular weight excluding hydrogens is 556 g/mol. The summed E-state index contributed by atoms with van der Waals surface area (Å²) in [5.41, 5.74) is 4.89. The maximum absolute atomic E-state index is 14.5. The Morgan fingerprint density at radius 2 is 1.88 bits per heavy atom. The van der Waals surface area contributed by atoms with Crippen molar-refractivity contribution in [3.8, 4) is 27.5 Å². The summed E-state index contributed by atoms with van der Waals surface area (Å²) in [5.74, 6) is 0.0950. The van der Waals surface area contributed by atoms with Crippen LogP contribution in [0.5, 0.6) is 0 Å². The fraction of sp³-hybridized carbons (Fsp3) is 0.375. The van der Waals surface area contributed by atoms with Gasteiger partial charge in [-0.15, -0.1) is 11.3 Å². The zero-order valence-electron chi connectivity index (χ0n) is 24.3. The Balaban J connectivity index is 1.74. The van der Waals surface area contributed by atoms with E-state index in [0.717, 1.165) is 23.2 Å². The lowest BCUT2D eigenvalue weighted by Crippen LogP contribution is -2.47. The van der Waals surface area contributed by atoms with E-state index in [2.05, 4.69) is 31.1 Å². The smallest absolute Gasteiger partial charge is 0.280 e. The Hall–Kier alpha value is -3.76. The highest BCUT2D eigenvalue weighted by atomic mass is 32.1. The van der Waals surface area contributed by atoms with Crippen LogP contribution >= 0.6 is 11.3 Å². The third-order valence-electron chi connectivity index (χ3n) is 7.44. The summed E-state index contributed by atoms with van der Waals surface area (Å²) in [6.07, 6.45) is -0.0267. The van der Waals surface area contributed by atoms with Crippen molar-refractivity contribution in [3.63, 3.8) is 0 Å². The van der Waals surface area contributed by atoms with Crippen LogP contribution in [0.25, 0.3) is 27.5 Å². The molecule has 0 radical (unpaired) electrons. The molecule has 4 aromatic rings. The second kappa shape index (κ2) is 12.6. The fourth-order valence-corrected chi connectivity index (χ4v) is 6.11. The lowest BCUT2D eigenvalue weighted by atomic mass is 9.98. The molecule has 0 atom stereocenters. The normalized spacial score (nSPS) is 13.8. The molecule has 1 aliphatic heterocycles. The molecule has 1 aliphatic rings. The van der Waals surface area contributed by atoms with Crippen LogP contribution < -0.4 is 10.9 Å². The number of piperazine rings is 1. The van der Waals surface area contributed by atoms with Crippen LogP contribution in [-0.4, -0.2) is 51.5 Å². The number of halogens is 2. The lowest BCUT2D eigenvalue weighted by Gasteiger charge is -2.29. The van der Waals surface area contributed by atoms with E-state index in [1.165, 1.54) is 23.6 Å². The van der Waals surface area contributed by atoms with Gasteiger partial charge in [0.05, 0.1) is 22.5 Å². The minimum Gasteiger partial charge on any atom is -0.336 e. The molecule has 0 bridgehead atoms. The van der Waals surface area contributed by atoms with Gasteiger partial charge in [0.15, 0.2) is 0 Å². The Kier molecular flexibility index (Phi) is 8.93. The van der Waals surface area contributed by atoms with E-state index in [4.69, 9.17) is 4.98 Å². The number of nitrogens with zero attached hydrogens (tertiary/aromatic N) is 4. The van der Waals surface area contributed by atoms with Gasteiger partial charge >= 0.3 is 0 Å². The van der Waals surface area contributed by atoms with Gasteiger partial charge in [0.2, 0.25) is 0 Å². The third-order valence-corrected chi connectivity index (χ3v) is 8.32. The first-order valence-electron chi connectivity index (χ1n) is 14.3. The zero-order chi connectivity index (χ0) is 30.0. The van der Waals surface area contributed by atoms with Crippen molar-refractivity contribution >= 4 is 17.2 Å². The maximum atomic E-state index is 14.5. The molecule has 5 rings (SSSR count). The zero-order valence-corrected chi connectivity index (χ0v) is 25.1. The molecule has 0 saturated carbocycles. The van der Waals surface area contributed by atoms with Crippen molar-refractivity contribution in [2.75, 3.05) is 26.2 Å². The van der Waals surface area contributed by atoms with Crippen LogP contribution in [0.1, 0.15) is 60.1 Å². The van der Waals surface area contributed by atoms with E-state index in [1.54, 1.807) is 22.1 Å². The molecule has 220 valence electrons. The number of alkyl halides is 2. The number of hydrogen-bond acceptors (Lipinski definition) is 6. The minimum absolute atomic E-state index is 0.101. The van der Waals surface area contributed by atoms with Gasteiger partial charge < -0.3 is 10.2 Å². The standard InChI is InChI=1S/C32H35F2N5O2S/c1-5-21-7-6-20(4)15-27(21)39-28(14-19(2)3)23(31(40)38-12-10-35-11-13-38)16-24(32(39)41)30-37-26(18-42-30)22-8-9-25(29(33)34)36-17-22/h6-9,15-19,29,35H,5,10-14H2,1-4H3. The number of nitrogens with one attached hydrogen (secondary N) is 1. The van der Waals surface area contributed by atoms with Crippen LogP contribution in [0, 0.1) is 12.8 Å². The molecule has 1 amide bonds. The lowest BCUT2D eigenvalue weighted by molar-refractivity contribution is 0.0733. The summed E-state index contributed by atoms with van der Waals surface area (Å²) in [6.45, 7) is 10.8. The van der Waals surface area contributed by atoms with Crippen molar-refractivity contribution in [1.82, 2.24) is 24.8 Å². The van der Waals surface area contributed by atoms with E-state index >= 15 is 0 Å². The predicted molar refractivity (Wildman–Crippen MR) is 163 cm³/mol. The molecule has 4 heterocycles. The van der Waals surface area contributed by atoms with E-state index in [9.17, 15) is 18.4 Å². The molecule has 10 heteroatoms. The van der Waals surface area contributed by atoms with Crippen LogP contribution in [-0.2, 0) is 12.8 Å². The second-order valence-electron chi connectivity index (χ2n) is 11.0. The number of amides is 1. The average molecular weight is 592 g/mol. The number of hydrogen-bond donors (Lipinski definition) is 1. The number of carbonyl (C=O) groups excluding carboxylic acids is 1. The molecule has 3 aromatic heterocycles. The largest absolute Gasteiger partial charge is 0.336 e. The maximum Gasteiger partial charge on any atom is 0.280 e. The van der Waals surface area contributed by atoms with Gasteiger partial charge in [0.25, 0.3) is 17.9 Å². The Bertz CT molecular complexity index is 1640. The van der Waals surface area contributed by atoms with Crippen LogP contribution in [0.4, 0.5) is 8.78 Å². The fourth-order valence-electron chi connectivity index (χ4n) is 5.27. The van der Waals surface area contributed by atoms with Crippen LogP contribution in [0.2, 0.25) is 0 Å². The minimum atomic E-state index is -2.66. The number of pyridine rings is 2. The van der Waals surface area contributed by atoms with Gasteiger partial charge in [0.1, 0.15) is 10.7 Å². The molecule has 1 saturated heterocycles.